The van der Waals surface area contributed by atoms with E-state index in [0.29, 0.717) is 0 Å². The molecule has 0 spiro atoms. The van der Waals surface area contributed by atoms with E-state index >= 15 is 0 Å². The molecule has 1 aromatic carbocycles. The molecule has 18 heavy (non-hydrogen) atoms. The summed E-state index contributed by atoms with van der Waals surface area (Å²) in [5, 5.41) is 0. The molecule has 96 valence electrons. The molecule has 0 aliphatic carbocycles. The van der Waals surface area contributed by atoms with Crippen LogP contribution in [0.5, 0.6) is 0 Å². The lowest BCUT2D eigenvalue weighted by Gasteiger charge is -2.32. The summed E-state index contributed by atoms with van der Waals surface area (Å²) in [6.45, 7) is 1.73. The van der Waals surface area contributed by atoms with Crippen molar-refractivity contribution >= 4 is 11.8 Å². The summed E-state index contributed by atoms with van der Waals surface area (Å²) in [6.07, 6.45) is -0.507. The first-order chi connectivity index (χ1) is 8.63. The van der Waals surface area contributed by atoms with E-state index in [-0.39, 0.29) is 18.3 Å². The van der Waals surface area contributed by atoms with E-state index in [1.807, 2.05) is 30.3 Å². The third kappa shape index (κ3) is 2.43. The van der Waals surface area contributed by atoms with Crippen molar-refractivity contribution in [1.29, 1.82) is 0 Å². The minimum Gasteiger partial charge on any atom is -0.468 e. The van der Waals surface area contributed by atoms with E-state index in [2.05, 4.69) is 4.74 Å². The van der Waals surface area contributed by atoms with Crippen LogP contribution in [0.3, 0.4) is 0 Å². The number of ketones is 1. The number of benzene rings is 1. The summed E-state index contributed by atoms with van der Waals surface area (Å²) in [4.78, 5) is 23.5. The number of carbonyl (C=O) groups excluding carboxylic acids is 2. The van der Waals surface area contributed by atoms with Crippen LogP contribution in [-0.2, 0) is 19.1 Å². The second-order valence-corrected chi connectivity index (χ2v) is 4.41. The average molecular weight is 248 g/mol. The monoisotopic (exact) mass is 248 g/mol. The van der Waals surface area contributed by atoms with Crippen LogP contribution in [0.1, 0.15) is 25.0 Å². The van der Waals surface area contributed by atoms with Gasteiger partial charge in [0.25, 0.3) is 0 Å². The summed E-state index contributed by atoms with van der Waals surface area (Å²) in [5.41, 5.74) is 0.959. The zero-order chi connectivity index (χ0) is 13.1. The molecule has 0 N–H and O–H groups in total. The van der Waals surface area contributed by atoms with Crippen molar-refractivity contribution in [1.82, 2.24) is 0 Å². The highest BCUT2D eigenvalue weighted by molar-refractivity contribution is 6.00. The average Bonchev–Trinajstić information content (AvgIpc) is 2.38. The lowest BCUT2D eigenvalue weighted by Crippen LogP contribution is -2.41. The fraction of sp³-hybridized carbons (Fsp3) is 0.429. The van der Waals surface area contributed by atoms with Crippen LogP contribution in [0.4, 0.5) is 0 Å². The minimum atomic E-state index is -0.796. The molecule has 2 rings (SSSR count). The van der Waals surface area contributed by atoms with Crippen LogP contribution in [0.2, 0.25) is 0 Å². The molecule has 1 aromatic rings. The fourth-order valence-corrected chi connectivity index (χ4v) is 2.27. The Kier molecular flexibility index (Phi) is 3.77. The number of ether oxygens (including phenoxy) is 2. The van der Waals surface area contributed by atoms with Crippen LogP contribution < -0.4 is 0 Å². The topological polar surface area (TPSA) is 52.6 Å². The van der Waals surface area contributed by atoms with Crippen LogP contribution >= 0.6 is 0 Å². The van der Waals surface area contributed by atoms with Gasteiger partial charge in [0.1, 0.15) is 5.92 Å². The molecule has 0 amide bonds. The number of Topliss-reactive ketones (excluding diaryl/α,β-unsaturated/α-hetero) is 1. The molecule has 1 aliphatic rings. The van der Waals surface area contributed by atoms with Gasteiger partial charge in [-0.1, -0.05) is 30.3 Å². The predicted molar refractivity (Wildman–Crippen MR) is 64.9 cm³/mol. The molecule has 4 nitrogen and oxygen atoms in total. The Morgan fingerprint density at radius 3 is 2.56 bits per heavy atom. The largest absolute Gasteiger partial charge is 0.468 e. The Morgan fingerprint density at radius 2 is 2.00 bits per heavy atom. The van der Waals surface area contributed by atoms with Crippen molar-refractivity contribution in [2.75, 3.05) is 7.11 Å². The molecule has 1 aliphatic heterocycles. The van der Waals surface area contributed by atoms with Gasteiger partial charge in [0.05, 0.1) is 19.3 Å². The number of rotatable bonds is 2. The maximum Gasteiger partial charge on any atom is 0.318 e. The molecule has 1 fully saturated rings. The molecular formula is C14H16O4. The quantitative estimate of drug-likeness (QED) is 0.592. The molecule has 0 aromatic heterocycles. The second-order valence-electron chi connectivity index (χ2n) is 4.41. The van der Waals surface area contributed by atoms with Crippen LogP contribution in [-0.4, -0.2) is 25.0 Å². The third-order valence-corrected chi connectivity index (χ3v) is 3.21. The number of methoxy groups -OCH3 is 1. The van der Waals surface area contributed by atoms with Crippen LogP contribution in [0, 0.1) is 5.92 Å². The number of hydrogen-bond donors (Lipinski definition) is 0. The van der Waals surface area contributed by atoms with Crippen LogP contribution in [0.15, 0.2) is 30.3 Å². The van der Waals surface area contributed by atoms with Gasteiger partial charge < -0.3 is 9.47 Å². The molecule has 1 saturated heterocycles. The van der Waals surface area contributed by atoms with Crippen LogP contribution in [0.25, 0.3) is 0 Å². The first-order valence-corrected chi connectivity index (χ1v) is 5.94. The maximum absolute atomic E-state index is 12.0. The normalized spacial score (nSPS) is 27.9. The highest BCUT2D eigenvalue weighted by Crippen LogP contribution is 2.32. The first kappa shape index (κ1) is 12.8. The van der Waals surface area contributed by atoms with Crippen molar-refractivity contribution in [2.24, 2.45) is 5.92 Å². The molecule has 0 bridgehead atoms. The highest BCUT2D eigenvalue weighted by atomic mass is 16.5. The molecule has 0 saturated carbocycles. The van der Waals surface area contributed by atoms with Gasteiger partial charge in [0.2, 0.25) is 0 Å². The summed E-state index contributed by atoms with van der Waals surface area (Å²) >= 11 is 0. The second kappa shape index (κ2) is 5.31. The summed E-state index contributed by atoms with van der Waals surface area (Å²) in [5.74, 6) is -1.43. The summed E-state index contributed by atoms with van der Waals surface area (Å²) in [6, 6.07) is 9.56. The number of carbonyl (C=O) groups is 2. The SMILES string of the molecule is COC(=O)[C@@H]1C(=O)C[C@@H](c2ccccc2)O[C@H]1C. The van der Waals surface area contributed by atoms with E-state index in [9.17, 15) is 9.59 Å². The van der Waals surface area contributed by atoms with E-state index in [1.54, 1.807) is 6.92 Å². The van der Waals surface area contributed by atoms with E-state index in [1.165, 1.54) is 7.11 Å². The Hall–Kier alpha value is -1.68. The predicted octanol–water partition coefficient (Wildman–Crippen LogP) is 1.89. The van der Waals surface area contributed by atoms with Gasteiger partial charge in [-0.3, -0.25) is 9.59 Å². The highest BCUT2D eigenvalue weighted by Gasteiger charge is 2.40. The van der Waals surface area contributed by atoms with Crippen molar-refractivity contribution in [2.45, 2.75) is 25.6 Å². The molecule has 1 heterocycles. The maximum atomic E-state index is 12.0. The fourth-order valence-electron chi connectivity index (χ4n) is 2.27. The van der Waals surface area contributed by atoms with Crippen molar-refractivity contribution in [3.63, 3.8) is 0 Å². The van der Waals surface area contributed by atoms with E-state index in [0.717, 1.165) is 5.56 Å². The molecule has 4 heteroatoms. The third-order valence-electron chi connectivity index (χ3n) is 3.21. The Morgan fingerprint density at radius 1 is 1.33 bits per heavy atom. The number of hydrogen-bond acceptors (Lipinski definition) is 4. The van der Waals surface area contributed by atoms with Gasteiger partial charge in [-0.15, -0.1) is 0 Å². The van der Waals surface area contributed by atoms with Gasteiger partial charge in [-0.2, -0.15) is 0 Å². The Bertz CT molecular complexity index is 440. The van der Waals surface area contributed by atoms with Gasteiger partial charge >= 0.3 is 5.97 Å². The molecule has 0 unspecified atom stereocenters. The van der Waals surface area contributed by atoms with E-state index in [4.69, 9.17) is 4.74 Å². The van der Waals surface area contributed by atoms with Crippen molar-refractivity contribution in [3.05, 3.63) is 35.9 Å². The molecule has 0 radical (unpaired) electrons. The van der Waals surface area contributed by atoms with E-state index < -0.39 is 18.0 Å². The molecule has 3 atom stereocenters. The zero-order valence-corrected chi connectivity index (χ0v) is 10.5. The lowest BCUT2D eigenvalue weighted by atomic mass is 9.89. The summed E-state index contributed by atoms with van der Waals surface area (Å²) in [7, 11) is 1.28. The van der Waals surface area contributed by atoms with Gasteiger partial charge in [0, 0.05) is 6.42 Å². The first-order valence-electron chi connectivity index (χ1n) is 5.94. The zero-order valence-electron chi connectivity index (χ0n) is 10.5. The van der Waals surface area contributed by atoms with Crippen molar-refractivity contribution in [3.8, 4) is 0 Å². The standard InChI is InChI=1S/C14H16O4/c1-9-13(14(16)17-2)11(15)8-12(18-9)10-6-4-3-5-7-10/h3-7,9,12-13H,8H2,1-2H3/t9-,12-,13-/m0/s1. The Balaban J connectivity index is 2.15. The van der Waals surface area contributed by atoms with Gasteiger partial charge in [-0.25, -0.2) is 0 Å². The smallest absolute Gasteiger partial charge is 0.318 e. The minimum absolute atomic E-state index is 0.116. The summed E-state index contributed by atoms with van der Waals surface area (Å²) < 4.78 is 10.4. The lowest BCUT2D eigenvalue weighted by molar-refractivity contribution is -0.165. The van der Waals surface area contributed by atoms with Crippen molar-refractivity contribution < 1.29 is 19.1 Å². The molecular weight excluding hydrogens is 232 g/mol. The Labute approximate surface area is 106 Å². The van der Waals surface area contributed by atoms with Gasteiger partial charge in [0.15, 0.2) is 5.78 Å². The number of esters is 1. The van der Waals surface area contributed by atoms with Gasteiger partial charge in [-0.05, 0) is 12.5 Å².